The third-order valence-electron chi connectivity index (χ3n) is 6.31. The largest absolute Gasteiger partial charge is 0.497 e. The number of rotatable bonds is 12. The minimum absolute atomic E-state index is 0.379. The predicted octanol–water partition coefficient (Wildman–Crippen LogP) is 4.61. The molecule has 9 nitrogen and oxygen atoms in total. The summed E-state index contributed by atoms with van der Waals surface area (Å²) >= 11 is 0. The SMILES string of the molecule is CC.CCCN(CCC)c1cc(N/N=C2\CCc3ccc(OC)cc32)nc(OCCN2CCOCC2)n1. The zero-order chi connectivity index (χ0) is 26.5. The molecule has 0 atom stereocenters. The van der Waals surface area contributed by atoms with E-state index >= 15 is 0 Å². The fourth-order valence-electron chi connectivity index (χ4n) is 4.47. The lowest BCUT2D eigenvalue weighted by Gasteiger charge is -2.26. The van der Waals surface area contributed by atoms with Gasteiger partial charge in [0.25, 0.3) is 0 Å². The van der Waals surface area contributed by atoms with Crippen LogP contribution in [0, 0.1) is 0 Å². The lowest BCUT2D eigenvalue weighted by atomic mass is 10.1. The standard InChI is InChI=1S/C26H38N6O3.C2H6/c1-4-10-32(11-5-2)25-19-24(27-26(28-25)35-17-14-31-12-15-34-16-13-31)30-29-23-9-7-20-6-8-21(33-3)18-22(20)23;1-2/h6,8,18-19H,4-5,7,9-17H2,1-3H3,(H,27,28,30);1-2H3/b29-23+;. The Morgan fingerprint density at radius 2 is 1.81 bits per heavy atom. The number of ether oxygens (including phenoxy) is 3. The maximum Gasteiger partial charge on any atom is 0.320 e. The topological polar surface area (TPSA) is 84.3 Å². The van der Waals surface area contributed by atoms with Crippen molar-refractivity contribution in [2.45, 2.75) is 53.4 Å². The second-order valence-electron chi connectivity index (χ2n) is 8.88. The number of hydrogen-bond donors (Lipinski definition) is 1. The first-order valence-electron chi connectivity index (χ1n) is 13.8. The van der Waals surface area contributed by atoms with E-state index in [0.717, 1.165) is 94.5 Å². The highest BCUT2D eigenvalue weighted by Crippen LogP contribution is 2.27. The van der Waals surface area contributed by atoms with Crippen LogP contribution in [0.4, 0.5) is 11.6 Å². The van der Waals surface area contributed by atoms with Crippen molar-refractivity contribution in [1.82, 2.24) is 14.9 Å². The maximum atomic E-state index is 6.02. The van der Waals surface area contributed by atoms with E-state index in [2.05, 4.69) is 46.2 Å². The molecule has 204 valence electrons. The van der Waals surface area contributed by atoms with E-state index in [1.807, 2.05) is 26.0 Å². The lowest BCUT2D eigenvalue weighted by molar-refractivity contribution is 0.0317. The highest BCUT2D eigenvalue weighted by atomic mass is 16.5. The van der Waals surface area contributed by atoms with Crippen LogP contribution in [0.1, 0.15) is 58.1 Å². The molecule has 0 saturated carbocycles. The predicted molar refractivity (Wildman–Crippen MR) is 150 cm³/mol. The van der Waals surface area contributed by atoms with Crippen molar-refractivity contribution in [3.05, 3.63) is 35.4 Å². The summed E-state index contributed by atoms with van der Waals surface area (Å²) in [6.45, 7) is 15.0. The number of nitrogens with one attached hydrogen (secondary N) is 1. The Labute approximate surface area is 222 Å². The Kier molecular flexibility index (Phi) is 11.9. The van der Waals surface area contributed by atoms with E-state index in [4.69, 9.17) is 24.3 Å². The van der Waals surface area contributed by atoms with Gasteiger partial charge < -0.3 is 19.1 Å². The summed E-state index contributed by atoms with van der Waals surface area (Å²) < 4.78 is 16.9. The molecule has 2 heterocycles. The van der Waals surface area contributed by atoms with Gasteiger partial charge in [0.05, 0.1) is 26.0 Å². The Bertz CT molecular complexity index is 988. The van der Waals surface area contributed by atoms with Gasteiger partial charge in [0, 0.05) is 44.4 Å². The average molecular weight is 513 g/mol. The molecule has 0 unspecified atom stereocenters. The molecule has 1 aliphatic heterocycles. The fourth-order valence-corrected chi connectivity index (χ4v) is 4.47. The van der Waals surface area contributed by atoms with Crippen molar-refractivity contribution in [1.29, 1.82) is 0 Å². The van der Waals surface area contributed by atoms with Crippen LogP contribution in [-0.2, 0) is 11.2 Å². The Morgan fingerprint density at radius 1 is 1.05 bits per heavy atom. The summed E-state index contributed by atoms with van der Waals surface area (Å²) in [5.41, 5.74) is 6.62. The van der Waals surface area contributed by atoms with Gasteiger partial charge in [0.2, 0.25) is 0 Å². The molecular formula is C28H44N6O3. The van der Waals surface area contributed by atoms with Gasteiger partial charge in [-0.15, -0.1) is 0 Å². The Hall–Kier alpha value is -2.91. The summed E-state index contributed by atoms with van der Waals surface area (Å²) in [4.78, 5) is 14.0. The maximum absolute atomic E-state index is 6.02. The van der Waals surface area contributed by atoms with Crippen LogP contribution < -0.4 is 19.8 Å². The molecule has 2 aliphatic rings. The summed E-state index contributed by atoms with van der Waals surface area (Å²) in [5.74, 6) is 2.34. The van der Waals surface area contributed by atoms with Gasteiger partial charge in [-0.2, -0.15) is 15.1 Å². The Balaban J connectivity index is 0.00000186. The first-order valence-corrected chi connectivity index (χ1v) is 13.8. The highest BCUT2D eigenvalue weighted by Gasteiger charge is 2.19. The number of fused-ring (bicyclic) bond motifs is 1. The Morgan fingerprint density at radius 3 is 2.51 bits per heavy atom. The minimum atomic E-state index is 0.379. The molecular weight excluding hydrogens is 468 g/mol. The molecule has 1 N–H and O–H groups in total. The van der Waals surface area contributed by atoms with Crippen LogP contribution in [0.25, 0.3) is 0 Å². The number of anilines is 2. The number of morpholine rings is 1. The number of nitrogens with zero attached hydrogens (tertiary/aromatic N) is 5. The average Bonchev–Trinajstić information content (AvgIpc) is 3.35. The number of benzene rings is 1. The molecule has 1 aromatic heterocycles. The van der Waals surface area contributed by atoms with Crippen LogP contribution >= 0.6 is 0 Å². The van der Waals surface area contributed by atoms with E-state index < -0.39 is 0 Å². The molecule has 0 radical (unpaired) electrons. The zero-order valence-corrected chi connectivity index (χ0v) is 23.3. The van der Waals surface area contributed by atoms with Crippen molar-refractivity contribution >= 4 is 17.3 Å². The van der Waals surface area contributed by atoms with Crippen molar-refractivity contribution in [3.63, 3.8) is 0 Å². The molecule has 4 rings (SSSR count). The number of hydrazone groups is 1. The van der Waals surface area contributed by atoms with Crippen LogP contribution in [0.5, 0.6) is 11.8 Å². The number of aryl methyl sites for hydroxylation is 1. The third-order valence-corrected chi connectivity index (χ3v) is 6.31. The molecule has 1 aromatic carbocycles. The normalized spacial score (nSPS) is 16.1. The smallest absolute Gasteiger partial charge is 0.320 e. The van der Waals surface area contributed by atoms with Gasteiger partial charge >= 0.3 is 6.01 Å². The number of hydrogen-bond acceptors (Lipinski definition) is 9. The molecule has 0 bridgehead atoms. The van der Waals surface area contributed by atoms with Crippen molar-refractivity contribution in [2.75, 3.05) is 70.0 Å². The summed E-state index contributed by atoms with van der Waals surface area (Å²) in [7, 11) is 1.69. The third kappa shape index (κ3) is 8.30. The molecule has 1 fully saturated rings. The first-order chi connectivity index (χ1) is 18.2. The molecule has 1 saturated heterocycles. The van der Waals surface area contributed by atoms with Gasteiger partial charge in [-0.25, -0.2) is 0 Å². The van der Waals surface area contributed by atoms with Crippen LogP contribution in [-0.4, -0.2) is 80.2 Å². The van der Waals surface area contributed by atoms with E-state index in [9.17, 15) is 0 Å². The van der Waals surface area contributed by atoms with E-state index in [0.29, 0.717) is 18.4 Å². The van der Waals surface area contributed by atoms with Gasteiger partial charge in [-0.1, -0.05) is 33.8 Å². The molecule has 0 spiro atoms. The minimum Gasteiger partial charge on any atom is -0.497 e. The van der Waals surface area contributed by atoms with E-state index in [1.54, 1.807) is 7.11 Å². The van der Waals surface area contributed by atoms with Crippen LogP contribution in [0.2, 0.25) is 0 Å². The molecule has 2 aromatic rings. The van der Waals surface area contributed by atoms with Gasteiger partial charge in [0.15, 0.2) is 5.82 Å². The molecule has 37 heavy (non-hydrogen) atoms. The summed E-state index contributed by atoms with van der Waals surface area (Å²) in [6, 6.07) is 8.52. The quantitative estimate of drug-likeness (QED) is 0.413. The highest BCUT2D eigenvalue weighted by molar-refractivity contribution is 6.05. The second-order valence-corrected chi connectivity index (χ2v) is 8.88. The first kappa shape index (κ1) is 28.7. The van der Waals surface area contributed by atoms with Gasteiger partial charge in [-0.3, -0.25) is 10.3 Å². The van der Waals surface area contributed by atoms with Crippen molar-refractivity contribution < 1.29 is 14.2 Å². The fraction of sp³-hybridized carbons (Fsp3) is 0.607. The van der Waals surface area contributed by atoms with Crippen molar-refractivity contribution in [3.8, 4) is 11.8 Å². The van der Waals surface area contributed by atoms with Crippen LogP contribution in [0.15, 0.2) is 29.4 Å². The summed E-state index contributed by atoms with van der Waals surface area (Å²) in [5, 5.41) is 4.72. The molecule has 0 amide bonds. The van der Waals surface area contributed by atoms with Crippen LogP contribution in [0.3, 0.4) is 0 Å². The van der Waals surface area contributed by atoms with Gasteiger partial charge in [-0.05, 0) is 43.4 Å². The molecule has 1 aliphatic carbocycles. The van der Waals surface area contributed by atoms with Gasteiger partial charge in [0.1, 0.15) is 18.2 Å². The lowest BCUT2D eigenvalue weighted by Crippen LogP contribution is -2.38. The second kappa shape index (κ2) is 15.4. The van der Waals surface area contributed by atoms with Crippen molar-refractivity contribution in [2.24, 2.45) is 5.10 Å². The number of methoxy groups -OCH3 is 1. The van der Waals surface area contributed by atoms with E-state index in [-0.39, 0.29) is 0 Å². The zero-order valence-electron chi connectivity index (χ0n) is 23.3. The number of aromatic nitrogens is 2. The van der Waals surface area contributed by atoms with E-state index in [1.165, 1.54) is 5.56 Å². The summed E-state index contributed by atoms with van der Waals surface area (Å²) in [6.07, 6.45) is 3.95. The molecule has 9 heteroatoms. The monoisotopic (exact) mass is 512 g/mol.